The predicted octanol–water partition coefficient (Wildman–Crippen LogP) is 0.231. The maximum atomic E-state index is 11.2. The number of morpholine rings is 1. The van der Waals surface area contributed by atoms with Crippen molar-refractivity contribution < 1.29 is 19.1 Å². The maximum absolute atomic E-state index is 11.2. The van der Waals surface area contributed by atoms with Gasteiger partial charge in [-0.05, 0) is 0 Å². The van der Waals surface area contributed by atoms with E-state index < -0.39 is 5.97 Å². The van der Waals surface area contributed by atoms with E-state index in [0.717, 1.165) is 32.8 Å². The minimum Gasteiger partial charge on any atom is -0.464 e. The van der Waals surface area contributed by atoms with Gasteiger partial charge in [-0.25, -0.2) is 0 Å². The fourth-order valence-electron chi connectivity index (χ4n) is 1.45. The van der Waals surface area contributed by atoms with Gasteiger partial charge in [-0.2, -0.15) is 0 Å². The fourth-order valence-corrected chi connectivity index (χ4v) is 1.45. The zero-order chi connectivity index (χ0) is 11.8. The van der Waals surface area contributed by atoms with Crippen LogP contribution in [0.3, 0.4) is 0 Å². The number of nitrogens with zero attached hydrogens (tertiary/aromatic N) is 1. The van der Waals surface area contributed by atoms with Crippen LogP contribution in [0, 0.1) is 0 Å². The van der Waals surface area contributed by atoms with Crippen LogP contribution in [0.15, 0.2) is 0 Å². The molecule has 0 unspecified atom stereocenters. The first-order chi connectivity index (χ1) is 7.72. The van der Waals surface area contributed by atoms with Crippen LogP contribution in [0.5, 0.6) is 0 Å². The second kappa shape index (κ2) is 7.35. The lowest BCUT2D eigenvalue weighted by Gasteiger charge is -2.26. The minimum absolute atomic E-state index is 0.0728. The van der Waals surface area contributed by atoms with Crippen molar-refractivity contribution in [1.82, 2.24) is 4.90 Å². The van der Waals surface area contributed by atoms with Crippen molar-refractivity contribution in [2.24, 2.45) is 0 Å². The first-order valence-electron chi connectivity index (χ1n) is 5.69. The summed E-state index contributed by atoms with van der Waals surface area (Å²) >= 11 is 0. The van der Waals surface area contributed by atoms with Crippen molar-refractivity contribution in [2.45, 2.75) is 19.8 Å². The monoisotopic (exact) mass is 229 g/mol. The van der Waals surface area contributed by atoms with Crippen LogP contribution in [0.1, 0.15) is 19.8 Å². The van der Waals surface area contributed by atoms with Gasteiger partial charge >= 0.3 is 5.97 Å². The molecule has 1 rings (SSSR count). The van der Waals surface area contributed by atoms with E-state index in [0.29, 0.717) is 13.0 Å². The topological polar surface area (TPSA) is 55.8 Å². The van der Waals surface area contributed by atoms with Gasteiger partial charge in [0.15, 0.2) is 0 Å². The van der Waals surface area contributed by atoms with Crippen molar-refractivity contribution in [3.8, 4) is 0 Å². The normalized spacial score (nSPS) is 17.1. The van der Waals surface area contributed by atoms with E-state index >= 15 is 0 Å². The lowest BCUT2D eigenvalue weighted by molar-refractivity contribution is -0.146. The summed E-state index contributed by atoms with van der Waals surface area (Å²) in [5, 5.41) is 0. The summed E-state index contributed by atoms with van der Waals surface area (Å²) in [6.45, 7) is 6.05. The first kappa shape index (κ1) is 13.1. The Hall–Kier alpha value is -0.940. The van der Waals surface area contributed by atoms with E-state index in [2.05, 4.69) is 4.90 Å². The van der Waals surface area contributed by atoms with Gasteiger partial charge in [-0.15, -0.1) is 0 Å². The Morgan fingerprint density at radius 2 is 2.00 bits per heavy atom. The van der Waals surface area contributed by atoms with E-state index in [-0.39, 0.29) is 12.2 Å². The van der Waals surface area contributed by atoms with Crippen LogP contribution in [0.25, 0.3) is 0 Å². The van der Waals surface area contributed by atoms with Gasteiger partial charge in [0.2, 0.25) is 0 Å². The largest absolute Gasteiger partial charge is 0.464 e. The van der Waals surface area contributed by atoms with Crippen LogP contribution in [-0.4, -0.2) is 56.1 Å². The molecule has 1 saturated heterocycles. The molecule has 0 aliphatic carbocycles. The zero-order valence-corrected chi connectivity index (χ0v) is 9.74. The van der Waals surface area contributed by atoms with Crippen molar-refractivity contribution in [1.29, 1.82) is 0 Å². The molecule has 0 aromatic carbocycles. The maximum Gasteiger partial charge on any atom is 0.313 e. The highest BCUT2D eigenvalue weighted by Crippen LogP contribution is 1.97. The van der Waals surface area contributed by atoms with Crippen molar-refractivity contribution in [3.63, 3.8) is 0 Å². The molecule has 0 radical (unpaired) electrons. The Morgan fingerprint density at radius 1 is 1.31 bits per heavy atom. The third-order valence-electron chi connectivity index (χ3n) is 2.51. The summed E-state index contributed by atoms with van der Waals surface area (Å²) in [6, 6.07) is 0. The Labute approximate surface area is 95.7 Å². The molecule has 5 heteroatoms. The third-order valence-corrected chi connectivity index (χ3v) is 2.51. The molecule has 0 atom stereocenters. The van der Waals surface area contributed by atoms with E-state index in [1.54, 1.807) is 6.92 Å². The molecule has 0 amide bonds. The standard InChI is InChI=1S/C11H19NO4/c1-2-10(13)9-11(14)16-8-5-12-3-6-15-7-4-12/h2-9H2,1H3. The Morgan fingerprint density at radius 3 is 2.62 bits per heavy atom. The summed E-state index contributed by atoms with van der Waals surface area (Å²) in [4.78, 5) is 24.3. The number of ether oxygens (including phenoxy) is 2. The number of esters is 1. The van der Waals surface area contributed by atoms with E-state index in [1.165, 1.54) is 0 Å². The highest BCUT2D eigenvalue weighted by Gasteiger charge is 2.12. The molecular weight excluding hydrogens is 210 g/mol. The molecule has 1 fully saturated rings. The van der Waals surface area contributed by atoms with Gasteiger partial charge < -0.3 is 9.47 Å². The SMILES string of the molecule is CCC(=O)CC(=O)OCCN1CCOCC1. The molecule has 1 aliphatic rings. The summed E-state index contributed by atoms with van der Waals surface area (Å²) in [7, 11) is 0. The Balaban J connectivity index is 2.05. The number of carbonyl (C=O) groups excluding carboxylic acids is 2. The highest BCUT2D eigenvalue weighted by molar-refractivity contribution is 5.95. The molecule has 0 bridgehead atoms. The number of hydrogen-bond donors (Lipinski definition) is 0. The third kappa shape index (κ3) is 5.23. The zero-order valence-electron chi connectivity index (χ0n) is 9.74. The number of ketones is 1. The fraction of sp³-hybridized carbons (Fsp3) is 0.818. The first-order valence-corrected chi connectivity index (χ1v) is 5.69. The van der Waals surface area contributed by atoms with Gasteiger partial charge in [-0.3, -0.25) is 14.5 Å². The van der Waals surface area contributed by atoms with E-state index in [9.17, 15) is 9.59 Å². The molecule has 0 aromatic heterocycles. The second-order valence-corrected chi connectivity index (χ2v) is 3.74. The van der Waals surface area contributed by atoms with Crippen molar-refractivity contribution in [2.75, 3.05) is 39.5 Å². The number of rotatable bonds is 6. The number of carbonyl (C=O) groups is 2. The van der Waals surface area contributed by atoms with Crippen LogP contribution in [-0.2, 0) is 19.1 Å². The molecule has 0 saturated carbocycles. The number of Topliss-reactive ketones (excluding diaryl/α,β-unsaturated/α-hetero) is 1. The van der Waals surface area contributed by atoms with Crippen LogP contribution >= 0.6 is 0 Å². The summed E-state index contributed by atoms with van der Waals surface area (Å²) in [5.74, 6) is -0.489. The smallest absolute Gasteiger partial charge is 0.313 e. The molecule has 92 valence electrons. The second-order valence-electron chi connectivity index (χ2n) is 3.74. The van der Waals surface area contributed by atoms with Gasteiger partial charge in [0.25, 0.3) is 0 Å². The lowest BCUT2D eigenvalue weighted by atomic mass is 10.2. The highest BCUT2D eigenvalue weighted by atomic mass is 16.5. The summed E-state index contributed by atoms with van der Waals surface area (Å²) in [5.41, 5.74) is 0. The molecule has 5 nitrogen and oxygen atoms in total. The lowest BCUT2D eigenvalue weighted by Crippen LogP contribution is -2.38. The van der Waals surface area contributed by atoms with Gasteiger partial charge in [0, 0.05) is 26.1 Å². The van der Waals surface area contributed by atoms with Crippen molar-refractivity contribution >= 4 is 11.8 Å². The molecule has 0 aromatic rings. The van der Waals surface area contributed by atoms with Crippen molar-refractivity contribution in [3.05, 3.63) is 0 Å². The minimum atomic E-state index is -0.417. The average Bonchev–Trinajstić information content (AvgIpc) is 2.30. The van der Waals surface area contributed by atoms with Gasteiger partial charge in [0.1, 0.15) is 18.8 Å². The Kier molecular flexibility index (Phi) is 6.03. The van der Waals surface area contributed by atoms with Crippen LogP contribution in [0.2, 0.25) is 0 Å². The summed E-state index contributed by atoms with van der Waals surface area (Å²) < 4.78 is 10.2. The quantitative estimate of drug-likeness (QED) is 0.482. The molecular formula is C11H19NO4. The van der Waals surface area contributed by atoms with Crippen LogP contribution in [0.4, 0.5) is 0 Å². The van der Waals surface area contributed by atoms with Gasteiger partial charge in [-0.1, -0.05) is 6.92 Å². The molecule has 0 spiro atoms. The van der Waals surface area contributed by atoms with Crippen LogP contribution < -0.4 is 0 Å². The molecule has 0 N–H and O–H groups in total. The number of hydrogen-bond acceptors (Lipinski definition) is 5. The summed E-state index contributed by atoms with van der Waals surface area (Å²) in [6.07, 6.45) is 0.290. The molecule has 1 aliphatic heterocycles. The van der Waals surface area contributed by atoms with Gasteiger partial charge in [0.05, 0.1) is 13.2 Å². The van der Waals surface area contributed by atoms with E-state index in [4.69, 9.17) is 9.47 Å². The average molecular weight is 229 g/mol. The molecule has 1 heterocycles. The Bertz CT molecular complexity index is 236. The molecule has 16 heavy (non-hydrogen) atoms. The van der Waals surface area contributed by atoms with E-state index in [1.807, 2.05) is 0 Å². The predicted molar refractivity (Wildman–Crippen MR) is 58.1 cm³/mol.